The number of carbonyl (C=O) groups excluding carboxylic acids is 1. The number of hydrogen-bond donors (Lipinski definition) is 1. The number of amides is 1. The first-order chi connectivity index (χ1) is 13.0. The van der Waals surface area contributed by atoms with Crippen molar-refractivity contribution in [3.63, 3.8) is 0 Å². The van der Waals surface area contributed by atoms with Crippen molar-refractivity contribution < 1.29 is 9.21 Å². The third kappa shape index (κ3) is 3.69. The van der Waals surface area contributed by atoms with Crippen LogP contribution in [0.5, 0.6) is 0 Å². The molecule has 3 heterocycles. The Morgan fingerprint density at radius 2 is 2.04 bits per heavy atom. The van der Waals surface area contributed by atoms with Gasteiger partial charge in [0.2, 0.25) is 5.91 Å². The third-order valence-corrected chi connectivity index (χ3v) is 4.54. The highest BCUT2D eigenvalue weighted by Crippen LogP contribution is 2.21. The Balaban J connectivity index is 1.49. The number of nitrogens with one attached hydrogen (secondary N) is 1. The number of benzene rings is 1. The maximum Gasteiger partial charge on any atom is 0.302 e. The lowest BCUT2D eigenvalue weighted by atomic mass is 10.1. The number of aromatic nitrogens is 3. The minimum Gasteiger partial charge on any atom is -0.423 e. The van der Waals surface area contributed by atoms with E-state index in [0.717, 1.165) is 35.3 Å². The molecule has 0 aliphatic heterocycles. The number of pyridine rings is 1. The number of imidazole rings is 1. The quantitative estimate of drug-likeness (QED) is 0.578. The molecule has 0 saturated heterocycles. The van der Waals surface area contributed by atoms with Gasteiger partial charge in [0, 0.05) is 18.3 Å². The molecule has 6 heteroatoms. The summed E-state index contributed by atoms with van der Waals surface area (Å²) >= 11 is 0. The van der Waals surface area contributed by atoms with Crippen LogP contribution in [0.1, 0.15) is 30.7 Å². The Morgan fingerprint density at radius 1 is 1.19 bits per heavy atom. The highest BCUT2D eigenvalue weighted by molar-refractivity contribution is 5.91. The molecule has 1 aromatic carbocycles. The van der Waals surface area contributed by atoms with E-state index < -0.39 is 0 Å². The van der Waals surface area contributed by atoms with E-state index >= 15 is 0 Å². The fourth-order valence-corrected chi connectivity index (χ4v) is 2.96. The van der Waals surface area contributed by atoms with Gasteiger partial charge >= 0.3 is 6.01 Å². The molecule has 0 atom stereocenters. The fraction of sp³-hybridized carbons (Fsp3) is 0.286. The summed E-state index contributed by atoms with van der Waals surface area (Å²) in [7, 11) is 0. The molecule has 0 aliphatic carbocycles. The van der Waals surface area contributed by atoms with Gasteiger partial charge in [-0.25, -0.2) is 4.98 Å². The summed E-state index contributed by atoms with van der Waals surface area (Å²) in [5, 5.41) is 2.70. The minimum atomic E-state index is -0.121. The average molecular weight is 362 g/mol. The van der Waals surface area contributed by atoms with Crippen LogP contribution in [-0.4, -0.2) is 20.3 Å². The van der Waals surface area contributed by atoms with Crippen molar-refractivity contribution in [3.05, 3.63) is 59.5 Å². The topological polar surface area (TPSA) is 72.4 Å². The van der Waals surface area contributed by atoms with Crippen LogP contribution in [0.2, 0.25) is 0 Å². The number of oxazole rings is 1. The Kier molecular flexibility index (Phi) is 4.39. The smallest absolute Gasteiger partial charge is 0.302 e. The lowest BCUT2D eigenvalue weighted by Gasteiger charge is -2.02. The first-order valence-corrected chi connectivity index (χ1v) is 9.12. The van der Waals surface area contributed by atoms with Crippen LogP contribution >= 0.6 is 0 Å². The van der Waals surface area contributed by atoms with E-state index in [4.69, 9.17) is 4.42 Å². The number of hydrogen-bond acceptors (Lipinski definition) is 4. The highest BCUT2D eigenvalue weighted by Gasteiger charge is 2.12. The monoisotopic (exact) mass is 362 g/mol. The summed E-state index contributed by atoms with van der Waals surface area (Å²) in [4.78, 5) is 20.8. The molecule has 0 bridgehead atoms. The largest absolute Gasteiger partial charge is 0.423 e. The van der Waals surface area contributed by atoms with Crippen LogP contribution in [0.25, 0.3) is 16.7 Å². The highest BCUT2D eigenvalue weighted by atomic mass is 16.4. The fourth-order valence-electron chi connectivity index (χ4n) is 2.96. The SMILES string of the molecule is Cc1ccn2cc(CCc3ccc4nc(NC(=O)C(C)C)oc4c3)nc2c1. The minimum absolute atomic E-state index is 0.108. The Labute approximate surface area is 157 Å². The number of anilines is 1. The van der Waals surface area contributed by atoms with E-state index in [2.05, 4.69) is 40.5 Å². The van der Waals surface area contributed by atoms with E-state index in [9.17, 15) is 4.79 Å². The first kappa shape index (κ1) is 17.3. The summed E-state index contributed by atoms with van der Waals surface area (Å²) in [6.45, 7) is 5.73. The second-order valence-electron chi connectivity index (χ2n) is 7.17. The lowest BCUT2D eigenvalue weighted by molar-refractivity contribution is -0.119. The predicted molar refractivity (Wildman–Crippen MR) is 105 cm³/mol. The van der Waals surface area contributed by atoms with Gasteiger partial charge in [-0.2, -0.15) is 4.98 Å². The molecule has 1 amide bonds. The third-order valence-electron chi connectivity index (χ3n) is 4.54. The van der Waals surface area contributed by atoms with Crippen molar-refractivity contribution in [2.24, 2.45) is 5.92 Å². The summed E-state index contributed by atoms with van der Waals surface area (Å²) in [5.41, 5.74) is 5.80. The van der Waals surface area contributed by atoms with Crippen LogP contribution in [0.4, 0.5) is 6.01 Å². The summed E-state index contributed by atoms with van der Waals surface area (Å²) < 4.78 is 7.73. The molecular weight excluding hydrogens is 340 g/mol. The molecule has 0 aliphatic rings. The average Bonchev–Trinajstić information content (AvgIpc) is 3.21. The molecule has 0 radical (unpaired) electrons. The van der Waals surface area contributed by atoms with E-state index in [1.165, 1.54) is 5.56 Å². The molecule has 0 fully saturated rings. The van der Waals surface area contributed by atoms with Crippen molar-refractivity contribution in [1.82, 2.24) is 14.4 Å². The van der Waals surface area contributed by atoms with Crippen LogP contribution in [0.3, 0.4) is 0 Å². The van der Waals surface area contributed by atoms with Crippen molar-refractivity contribution in [2.45, 2.75) is 33.6 Å². The van der Waals surface area contributed by atoms with Gasteiger partial charge < -0.3 is 8.82 Å². The van der Waals surface area contributed by atoms with E-state index in [-0.39, 0.29) is 17.8 Å². The van der Waals surface area contributed by atoms with Gasteiger partial charge in [0.15, 0.2) is 5.58 Å². The summed E-state index contributed by atoms with van der Waals surface area (Å²) in [5.74, 6) is -0.228. The molecule has 4 aromatic rings. The molecular formula is C21H22N4O2. The molecule has 0 saturated carbocycles. The lowest BCUT2D eigenvalue weighted by Crippen LogP contribution is -2.17. The van der Waals surface area contributed by atoms with Crippen LogP contribution in [0.15, 0.2) is 47.1 Å². The van der Waals surface area contributed by atoms with Crippen molar-refractivity contribution in [1.29, 1.82) is 0 Å². The van der Waals surface area contributed by atoms with Gasteiger partial charge in [-0.1, -0.05) is 19.9 Å². The molecule has 0 unspecified atom stereocenters. The van der Waals surface area contributed by atoms with Gasteiger partial charge in [0.05, 0.1) is 5.69 Å². The summed E-state index contributed by atoms with van der Waals surface area (Å²) in [6, 6.07) is 10.3. The standard InChI is InChI=1S/C21H22N4O2/c1-13(2)20(26)24-21-23-17-7-5-15(11-18(17)27-21)4-6-16-12-25-9-8-14(3)10-19(25)22-16/h5,7-13H,4,6H2,1-3H3,(H,23,24,26). The molecule has 27 heavy (non-hydrogen) atoms. The zero-order valence-corrected chi connectivity index (χ0v) is 15.7. The van der Waals surface area contributed by atoms with Gasteiger partial charge in [0.1, 0.15) is 11.2 Å². The maximum atomic E-state index is 11.8. The Hall–Kier alpha value is -3.15. The molecule has 4 rings (SSSR count). The van der Waals surface area contributed by atoms with Gasteiger partial charge in [0.25, 0.3) is 0 Å². The molecule has 138 valence electrons. The first-order valence-electron chi connectivity index (χ1n) is 9.12. The number of fused-ring (bicyclic) bond motifs is 2. The van der Waals surface area contributed by atoms with Crippen molar-refractivity contribution in [3.8, 4) is 0 Å². The zero-order chi connectivity index (χ0) is 19.0. The molecule has 3 aromatic heterocycles. The van der Waals surface area contributed by atoms with Crippen LogP contribution in [-0.2, 0) is 17.6 Å². The number of rotatable bonds is 5. The normalized spacial score (nSPS) is 11.6. The Bertz CT molecular complexity index is 1120. The molecule has 0 spiro atoms. The van der Waals surface area contributed by atoms with E-state index in [1.54, 1.807) is 0 Å². The number of nitrogens with zero attached hydrogens (tertiary/aromatic N) is 3. The molecule has 1 N–H and O–H groups in total. The van der Waals surface area contributed by atoms with Gasteiger partial charge in [-0.15, -0.1) is 0 Å². The van der Waals surface area contributed by atoms with Crippen LogP contribution < -0.4 is 5.32 Å². The second-order valence-corrected chi connectivity index (χ2v) is 7.17. The number of carbonyl (C=O) groups is 1. The van der Waals surface area contributed by atoms with Crippen LogP contribution in [0, 0.1) is 12.8 Å². The van der Waals surface area contributed by atoms with Crippen molar-refractivity contribution in [2.75, 3.05) is 5.32 Å². The van der Waals surface area contributed by atoms with Gasteiger partial charge in [-0.3, -0.25) is 10.1 Å². The summed E-state index contributed by atoms with van der Waals surface area (Å²) in [6.07, 6.45) is 5.81. The van der Waals surface area contributed by atoms with Crippen molar-refractivity contribution >= 4 is 28.7 Å². The predicted octanol–water partition coefficient (Wildman–Crippen LogP) is 4.16. The molecule has 6 nitrogen and oxygen atoms in total. The second kappa shape index (κ2) is 6.87. The number of aryl methyl sites for hydroxylation is 3. The van der Waals surface area contributed by atoms with E-state index in [1.807, 2.05) is 42.6 Å². The maximum absolute atomic E-state index is 11.8. The Morgan fingerprint density at radius 3 is 2.85 bits per heavy atom. The zero-order valence-electron chi connectivity index (χ0n) is 15.7. The van der Waals surface area contributed by atoms with Gasteiger partial charge in [-0.05, 0) is 55.2 Å². The van der Waals surface area contributed by atoms with E-state index in [0.29, 0.717) is 5.58 Å².